The molecule has 3 unspecified atom stereocenters. The highest BCUT2D eigenvalue weighted by molar-refractivity contribution is 5.58. The van der Waals surface area contributed by atoms with Crippen molar-refractivity contribution in [2.45, 2.75) is 45.8 Å². The Morgan fingerprint density at radius 1 is 1.10 bits per heavy atom. The summed E-state index contributed by atoms with van der Waals surface area (Å²) in [6, 6.07) is 3.80. The van der Waals surface area contributed by atoms with Gasteiger partial charge < -0.3 is 19.9 Å². The number of anilines is 1. The second-order valence-corrected chi connectivity index (χ2v) is 6.40. The first-order chi connectivity index (χ1) is 10.1. The van der Waals surface area contributed by atoms with Gasteiger partial charge in [-0.25, -0.2) is 0 Å². The maximum absolute atomic E-state index is 6.09. The maximum atomic E-state index is 6.09. The first-order valence-corrected chi connectivity index (χ1v) is 7.93. The molecule has 1 fully saturated rings. The van der Waals surface area contributed by atoms with Crippen LogP contribution in [0.15, 0.2) is 12.1 Å². The molecule has 1 heterocycles. The van der Waals surface area contributed by atoms with Crippen LogP contribution in [0.3, 0.4) is 0 Å². The number of nitrogens with two attached hydrogens (primary N) is 1. The smallest absolute Gasteiger partial charge is 0.163 e. The van der Waals surface area contributed by atoms with Crippen molar-refractivity contribution in [1.82, 2.24) is 0 Å². The average Bonchev–Trinajstić information content (AvgIpc) is 2.48. The minimum Gasteiger partial charge on any atom is -0.486 e. The summed E-state index contributed by atoms with van der Waals surface area (Å²) < 4.78 is 17.2. The summed E-state index contributed by atoms with van der Waals surface area (Å²) in [4.78, 5) is 0. The molecule has 1 aliphatic carbocycles. The Morgan fingerprint density at radius 2 is 1.81 bits per heavy atom. The van der Waals surface area contributed by atoms with Gasteiger partial charge in [0.05, 0.1) is 12.7 Å². The molecule has 3 rings (SSSR count). The average molecular weight is 291 g/mol. The van der Waals surface area contributed by atoms with Crippen LogP contribution >= 0.6 is 0 Å². The molecule has 4 nitrogen and oxygen atoms in total. The number of hydrogen-bond acceptors (Lipinski definition) is 4. The number of benzene rings is 1. The van der Waals surface area contributed by atoms with E-state index in [4.69, 9.17) is 19.9 Å². The van der Waals surface area contributed by atoms with E-state index in [0.717, 1.165) is 47.4 Å². The lowest BCUT2D eigenvalue weighted by Crippen LogP contribution is -2.26. The number of fused-ring (bicyclic) bond motifs is 1. The van der Waals surface area contributed by atoms with Crippen LogP contribution in [-0.4, -0.2) is 19.3 Å². The molecule has 1 aliphatic heterocycles. The molecule has 0 spiro atoms. The summed E-state index contributed by atoms with van der Waals surface area (Å²) in [7, 11) is 0. The van der Waals surface area contributed by atoms with E-state index in [1.165, 1.54) is 6.42 Å². The van der Waals surface area contributed by atoms with Crippen LogP contribution in [0.25, 0.3) is 0 Å². The number of hydrogen-bond donors (Lipinski definition) is 1. The minimum absolute atomic E-state index is 0.351. The topological polar surface area (TPSA) is 53.7 Å². The molecule has 0 aromatic heterocycles. The Balaban J connectivity index is 1.63. The third-order valence-corrected chi connectivity index (χ3v) is 4.83. The Morgan fingerprint density at radius 3 is 2.52 bits per heavy atom. The lowest BCUT2D eigenvalue weighted by atomic mass is 9.80. The third-order valence-electron chi connectivity index (χ3n) is 4.83. The maximum Gasteiger partial charge on any atom is 0.163 e. The molecule has 2 aliphatic rings. The van der Waals surface area contributed by atoms with Gasteiger partial charge in [-0.2, -0.15) is 0 Å². The zero-order valence-electron chi connectivity index (χ0n) is 12.9. The fourth-order valence-corrected chi connectivity index (χ4v) is 3.13. The van der Waals surface area contributed by atoms with Crippen molar-refractivity contribution in [3.05, 3.63) is 17.7 Å². The van der Waals surface area contributed by atoms with Crippen molar-refractivity contribution < 1.29 is 14.2 Å². The molecular formula is C17H25NO3. The van der Waals surface area contributed by atoms with E-state index in [9.17, 15) is 0 Å². The van der Waals surface area contributed by atoms with Crippen LogP contribution in [0, 0.1) is 11.8 Å². The normalized spacial score (nSPS) is 28.4. The largest absolute Gasteiger partial charge is 0.486 e. The molecule has 3 atom stereocenters. The Kier molecular flexibility index (Phi) is 4.24. The van der Waals surface area contributed by atoms with E-state index < -0.39 is 0 Å². The Labute approximate surface area is 126 Å². The van der Waals surface area contributed by atoms with Crippen LogP contribution in [0.1, 0.15) is 38.7 Å². The van der Waals surface area contributed by atoms with Gasteiger partial charge in [-0.1, -0.05) is 13.8 Å². The van der Waals surface area contributed by atoms with Gasteiger partial charge in [0.25, 0.3) is 0 Å². The first-order valence-electron chi connectivity index (χ1n) is 7.93. The molecule has 1 saturated carbocycles. The van der Waals surface area contributed by atoms with E-state index in [0.29, 0.717) is 25.9 Å². The van der Waals surface area contributed by atoms with Gasteiger partial charge in [-0.3, -0.25) is 0 Å². The predicted molar refractivity (Wildman–Crippen MR) is 82.6 cm³/mol. The second-order valence-electron chi connectivity index (χ2n) is 6.40. The fraction of sp³-hybridized carbons (Fsp3) is 0.647. The Hall–Kier alpha value is -1.42. The van der Waals surface area contributed by atoms with Crippen LogP contribution in [0.4, 0.5) is 5.69 Å². The predicted octanol–water partition coefficient (Wildman–Crippen LogP) is 3.38. The standard InChI is InChI=1S/C17H25NO3/c1-11-3-4-14(7-12(11)2)21-10-13-8-16-17(9-15(13)18)20-6-5-19-16/h8-9,11-12,14H,3-7,10,18H2,1-2H3. The van der Waals surface area contributed by atoms with Gasteiger partial charge in [0.15, 0.2) is 11.5 Å². The third kappa shape index (κ3) is 3.26. The summed E-state index contributed by atoms with van der Waals surface area (Å²) >= 11 is 0. The quantitative estimate of drug-likeness (QED) is 0.867. The molecule has 1 aromatic rings. The summed E-state index contributed by atoms with van der Waals surface area (Å²) in [6.07, 6.45) is 3.90. The SMILES string of the molecule is CC1CCC(OCc2cc3c(cc2N)OCCO3)CC1C. The van der Waals surface area contributed by atoms with Crippen molar-refractivity contribution in [1.29, 1.82) is 0 Å². The summed E-state index contributed by atoms with van der Waals surface area (Å²) in [5, 5.41) is 0. The molecule has 0 bridgehead atoms. The molecule has 21 heavy (non-hydrogen) atoms. The van der Waals surface area contributed by atoms with Gasteiger partial charge in [0, 0.05) is 17.3 Å². The summed E-state index contributed by atoms with van der Waals surface area (Å²) in [5.41, 5.74) is 7.80. The van der Waals surface area contributed by atoms with Gasteiger partial charge in [-0.05, 0) is 37.2 Å². The van der Waals surface area contributed by atoms with E-state index in [-0.39, 0.29) is 0 Å². The van der Waals surface area contributed by atoms with Gasteiger partial charge in [-0.15, -0.1) is 0 Å². The molecule has 0 saturated heterocycles. The van der Waals surface area contributed by atoms with Crippen molar-refractivity contribution in [2.75, 3.05) is 18.9 Å². The highest BCUT2D eigenvalue weighted by Gasteiger charge is 2.25. The van der Waals surface area contributed by atoms with Gasteiger partial charge in [0.1, 0.15) is 13.2 Å². The molecule has 0 amide bonds. The molecule has 1 aromatic carbocycles. The van der Waals surface area contributed by atoms with Crippen molar-refractivity contribution >= 4 is 5.69 Å². The molecule has 4 heteroatoms. The monoisotopic (exact) mass is 291 g/mol. The van der Waals surface area contributed by atoms with E-state index in [1.807, 2.05) is 12.1 Å². The van der Waals surface area contributed by atoms with Crippen LogP contribution in [0.2, 0.25) is 0 Å². The molecular weight excluding hydrogens is 266 g/mol. The highest BCUT2D eigenvalue weighted by Crippen LogP contribution is 2.36. The first kappa shape index (κ1) is 14.5. The van der Waals surface area contributed by atoms with Crippen LogP contribution in [-0.2, 0) is 11.3 Å². The van der Waals surface area contributed by atoms with Crippen molar-refractivity contribution in [3.8, 4) is 11.5 Å². The van der Waals surface area contributed by atoms with Crippen LogP contribution in [0.5, 0.6) is 11.5 Å². The van der Waals surface area contributed by atoms with E-state index >= 15 is 0 Å². The van der Waals surface area contributed by atoms with Gasteiger partial charge in [0.2, 0.25) is 0 Å². The van der Waals surface area contributed by atoms with Gasteiger partial charge >= 0.3 is 0 Å². The molecule has 0 radical (unpaired) electrons. The van der Waals surface area contributed by atoms with E-state index in [2.05, 4.69) is 13.8 Å². The number of nitrogen functional groups attached to an aromatic ring is 1. The molecule has 116 valence electrons. The number of rotatable bonds is 3. The zero-order chi connectivity index (χ0) is 14.8. The highest BCUT2D eigenvalue weighted by atomic mass is 16.6. The van der Waals surface area contributed by atoms with Crippen molar-refractivity contribution in [2.24, 2.45) is 11.8 Å². The lowest BCUT2D eigenvalue weighted by Gasteiger charge is -2.32. The lowest BCUT2D eigenvalue weighted by molar-refractivity contribution is -0.00734. The minimum atomic E-state index is 0.351. The molecule has 2 N–H and O–H groups in total. The van der Waals surface area contributed by atoms with Crippen LogP contribution < -0.4 is 15.2 Å². The number of ether oxygens (including phenoxy) is 3. The van der Waals surface area contributed by atoms with E-state index in [1.54, 1.807) is 0 Å². The Bertz CT molecular complexity index is 503. The second kappa shape index (κ2) is 6.14. The fourth-order valence-electron chi connectivity index (χ4n) is 3.13. The zero-order valence-corrected chi connectivity index (χ0v) is 12.9. The van der Waals surface area contributed by atoms with Crippen molar-refractivity contribution in [3.63, 3.8) is 0 Å². The summed E-state index contributed by atoms with van der Waals surface area (Å²) in [6.45, 7) is 6.38. The summed E-state index contributed by atoms with van der Waals surface area (Å²) in [5.74, 6) is 3.06.